The summed E-state index contributed by atoms with van der Waals surface area (Å²) in [5.74, 6) is 3.39. The maximum atomic E-state index is 12.9. The van der Waals surface area contributed by atoms with Crippen LogP contribution in [0.4, 0.5) is 0 Å². The van der Waals surface area contributed by atoms with Gasteiger partial charge in [0.05, 0.1) is 13.7 Å². The van der Waals surface area contributed by atoms with Crippen molar-refractivity contribution in [3.63, 3.8) is 0 Å². The van der Waals surface area contributed by atoms with Crippen molar-refractivity contribution < 1.29 is 9.53 Å². The van der Waals surface area contributed by atoms with Crippen LogP contribution in [0, 0.1) is 6.92 Å². The Balaban J connectivity index is 0.00000210. The van der Waals surface area contributed by atoms with Gasteiger partial charge in [0.15, 0.2) is 0 Å². The predicted octanol–water partition coefficient (Wildman–Crippen LogP) is 2.14. The number of nitrogens with zero attached hydrogens (tertiary/aromatic N) is 4. The highest BCUT2D eigenvalue weighted by molar-refractivity contribution is 5.95. The molecular weight excluding hydrogens is 366 g/mol. The molecule has 1 aromatic carbocycles. The van der Waals surface area contributed by atoms with E-state index in [4.69, 9.17) is 4.74 Å². The molecule has 1 fully saturated rings. The minimum absolute atomic E-state index is 0. The Bertz CT molecular complexity index is 814. The summed E-state index contributed by atoms with van der Waals surface area (Å²) < 4.78 is 7.49. The van der Waals surface area contributed by atoms with Gasteiger partial charge in [0, 0.05) is 37.7 Å². The molecule has 0 unspecified atom stereocenters. The molecule has 0 aliphatic carbocycles. The van der Waals surface area contributed by atoms with E-state index in [2.05, 4.69) is 20.1 Å². The number of benzene rings is 1. The molecule has 4 rings (SSSR count). The number of amides is 1. The zero-order valence-corrected chi connectivity index (χ0v) is 16.6. The van der Waals surface area contributed by atoms with Gasteiger partial charge in [-0.2, -0.15) is 0 Å². The lowest BCUT2D eigenvalue weighted by molar-refractivity contribution is 0.0709. The molecule has 0 atom stereocenters. The van der Waals surface area contributed by atoms with E-state index in [1.54, 1.807) is 7.11 Å². The number of halogens is 1. The number of carbonyl (C=O) groups excluding carboxylic acids is 1. The predicted molar refractivity (Wildman–Crippen MR) is 105 cm³/mol. The summed E-state index contributed by atoms with van der Waals surface area (Å²) in [7, 11) is 1.64. The van der Waals surface area contributed by atoms with Crippen LogP contribution in [-0.4, -0.2) is 52.3 Å². The molecule has 1 saturated heterocycles. The average Bonchev–Trinajstić information content (AvgIpc) is 3.11. The van der Waals surface area contributed by atoms with Gasteiger partial charge < -0.3 is 19.5 Å². The van der Waals surface area contributed by atoms with E-state index in [-0.39, 0.29) is 18.3 Å². The normalized spacial score (nSPS) is 17.2. The topological polar surface area (TPSA) is 72.3 Å². The second-order valence-corrected chi connectivity index (χ2v) is 7.05. The van der Waals surface area contributed by atoms with Gasteiger partial charge in [-0.3, -0.25) is 4.79 Å². The fraction of sp³-hybridized carbons (Fsp3) is 0.526. The van der Waals surface area contributed by atoms with Crippen LogP contribution in [0.25, 0.3) is 0 Å². The Labute approximate surface area is 165 Å². The van der Waals surface area contributed by atoms with Crippen LogP contribution < -0.4 is 10.1 Å². The lowest BCUT2D eigenvalue weighted by Gasteiger charge is -2.32. The first-order chi connectivity index (χ1) is 12.7. The first kappa shape index (κ1) is 19.6. The average molecular weight is 392 g/mol. The minimum Gasteiger partial charge on any atom is -0.497 e. The van der Waals surface area contributed by atoms with Gasteiger partial charge in [0.1, 0.15) is 17.4 Å². The Morgan fingerprint density at radius 2 is 2.00 bits per heavy atom. The zero-order valence-electron chi connectivity index (χ0n) is 15.8. The van der Waals surface area contributed by atoms with E-state index in [0.717, 1.165) is 74.1 Å². The maximum absolute atomic E-state index is 12.9. The van der Waals surface area contributed by atoms with Crippen LogP contribution >= 0.6 is 12.4 Å². The zero-order chi connectivity index (χ0) is 18.1. The van der Waals surface area contributed by atoms with E-state index < -0.39 is 0 Å². The summed E-state index contributed by atoms with van der Waals surface area (Å²) in [5, 5.41) is 12.1. The van der Waals surface area contributed by atoms with Gasteiger partial charge in [0.2, 0.25) is 0 Å². The molecule has 0 radical (unpaired) electrons. The molecular formula is C19H26ClN5O2. The number of piperidine rings is 1. The smallest absolute Gasteiger partial charge is 0.254 e. The van der Waals surface area contributed by atoms with Gasteiger partial charge in [-0.1, -0.05) is 0 Å². The maximum Gasteiger partial charge on any atom is 0.254 e. The van der Waals surface area contributed by atoms with Gasteiger partial charge in [-0.15, -0.1) is 22.6 Å². The molecule has 146 valence electrons. The summed E-state index contributed by atoms with van der Waals surface area (Å²) in [5.41, 5.74) is 1.71. The third-order valence-electron chi connectivity index (χ3n) is 5.46. The number of aryl methyl sites for hydroxylation is 1. The van der Waals surface area contributed by atoms with Gasteiger partial charge >= 0.3 is 0 Å². The minimum atomic E-state index is 0. The SMILES string of the molecule is COc1ccc(C(=O)N2CCC(c3nnc4n3CCNC4)CC2)c(C)c1.Cl. The lowest BCUT2D eigenvalue weighted by Crippen LogP contribution is -2.39. The van der Waals surface area contributed by atoms with Crippen LogP contribution in [0.1, 0.15) is 46.3 Å². The number of rotatable bonds is 3. The van der Waals surface area contributed by atoms with Gasteiger partial charge in [-0.05, 0) is 43.5 Å². The van der Waals surface area contributed by atoms with E-state index in [9.17, 15) is 4.79 Å². The monoisotopic (exact) mass is 391 g/mol. The fourth-order valence-electron chi connectivity index (χ4n) is 3.93. The number of hydrogen-bond donors (Lipinski definition) is 1. The quantitative estimate of drug-likeness (QED) is 0.867. The van der Waals surface area contributed by atoms with E-state index in [1.165, 1.54) is 0 Å². The molecule has 0 saturated carbocycles. The van der Waals surface area contributed by atoms with Crippen molar-refractivity contribution in [2.75, 3.05) is 26.7 Å². The van der Waals surface area contributed by atoms with Gasteiger partial charge in [0.25, 0.3) is 5.91 Å². The van der Waals surface area contributed by atoms with E-state index in [1.807, 2.05) is 30.0 Å². The number of nitrogens with one attached hydrogen (secondary N) is 1. The number of likely N-dealkylation sites (tertiary alicyclic amines) is 1. The highest BCUT2D eigenvalue weighted by Crippen LogP contribution is 2.29. The number of hydrogen-bond acceptors (Lipinski definition) is 5. The molecule has 3 heterocycles. The number of methoxy groups -OCH3 is 1. The second kappa shape index (κ2) is 8.27. The Hall–Kier alpha value is -2.12. The van der Waals surface area contributed by atoms with Crippen LogP contribution in [0.2, 0.25) is 0 Å². The molecule has 1 aromatic heterocycles. The molecule has 1 N–H and O–H groups in total. The van der Waals surface area contributed by atoms with E-state index in [0.29, 0.717) is 5.92 Å². The standard InChI is InChI=1S/C19H25N5O2.ClH/c1-13-11-15(26-2)3-4-16(13)19(25)23-8-5-14(6-9-23)18-22-21-17-12-20-7-10-24(17)18;/h3-4,11,14,20H,5-10,12H2,1-2H3;1H. The molecule has 1 amide bonds. The molecule has 0 bridgehead atoms. The molecule has 7 nitrogen and oxygen atoms in total. The summed E-state index contributed by atoms with van der Waals surface area (Å²) in [4.78, 5) is 14.8. The molecule has 8 heteroatoms. The molecule has 2 aliphatic heterocycles. The Kier molecular flexibility index (Phi) is 6.01. The van der Waals surface area contributed by atoms with Crippen molar-refractivity contribution in [3.05, 3.63) is 41.0 Å². The third-order valence-corrected chi connectivity index (χ3v) is 5.46. The van der Waals surface area contributed by atoms with Crippen molar-refractivity contribution in [1.82, 2.24) is 25.0 Å². The Morgan fingerprint density at radius 1 is 1.22 bits per heavy atom. The molecule has 2 aliphatic rings. The van der Waals surface area contributed by atoms with Gasteiger partial charge in [-0.25, -0.2) is 0 Å². The van der Waals surface area contributed by atoms with Crippen molar-refractivity contribution >= 4 is 18.3 Å². The van der Waals surface area contributed by atoms with Crippen LogP contribution in [0.15, 0.2) is 18.2 Å². The van der Waals surface area contributed by atoms with Crippen LogP contribution in [0.3, 0.4) is 0 Å². The van der Waals surface area contributed by atoms with Crippen molar-refractivity contribution in [1.29, 1.82) is 0 Å². The number of ether oxygens (including phenoxy) is 1. The first-order valence-electron chi connectivity index (χ1n) is 9.24. The summed E-state index contributed by atoms with van der Waals surface area (Å²) in [6, 6.07) is 5.63. The Morgan fingerprint density at radius 3 is 2.70 bits per heavy atom. The number of fused-ring (bicyclic) bond motifs is 1. The van der Waals surface area contributed by atoms with E-state index >= 15 is 0 Å². The third kappa shape index (κ3) is 3.80. The van der Waals surface area contributed by atoms with Crippen LogP contribution in [-0.2, 0) is 13.1 Å². The first-order valence-corrected chi connectivity index (χ1v) is 9.24. The highest BCUT2D eigenvalue weighted by atomic mass is 35.5. The largest absolute Gasteiger partial charge is 0.497 e. The summed E-state index contributed by atoms with van der Waals surface area (Å²) >= 11 is 0. The summed E-state index contributed by atoms with van der Waals surface area (Å²) in [6.07, 6.45) is 1.87. The highest BCUT2D eigenvalue weighted by Gasteiger charge is 2.29. The molecule has 27 heavy (non-hydrogen) atoms. The summed E-state index contributed by atoms with van der Waals surface area (Å²) in [6.45, 7) is 6.17. The van der Waals surface area contributed by atoms with Crippen LogP contribution in [0.5, 0.6) is 5.75 Å². The van der Waals surface area contributed by atoms with Crippen molar-refractivity contribution in [2.45, 2.75) is 38.8 Å². The fourth-order valence-corrected chi connectivity index (χ4v) is 3.93. The number of aromatic nitrogens is 3. The van der Waals surface area contributed by atoms with Crippen molar-refractivity contribution in [3.8, 4) is 5.75 Å². The lowest BCUT2D eigenvalue weighted by atomic mass is 9.95. The second-order valence-electron chi connectivity index (χ2n) is 7.05. The molecule has 0 spiro atoms. The number of carbonyl (C=O) groups is 1. The van der Waals surface area contributed by atoms with Crippen molar-refractivity contribution in [2.24, 2.45) is 0 Å². The molecule has 2 aromatic rings.